The average Bonchev–Trinajstić information content (AvgIpc) is 2.67. The molecular formula is C21H22N4O. The molecule has 132 valence electrons. The lowest BCUT2D eigenvalue weighted by molar-refractivity contribution is 0.0983. The molecule has 0 bridgehead atoms. The smallest absolute Gasteiger partial charge is 0.278 e. The highest BCUT2D eigenvalue weighted by Gasteiger charge is 2.17. The van der Waals surface area contributed by atoms with E-state index in [2.05, 4.69) is 15.3 Å². The molecule has 0 saturated heterocycles. The summed E-state index contributed by atoms with van der Waals surface area (Å²) in [5.74, 6) is 0.450. The number of hydrogen-bond acceptors (Lipinski definition) is 4. The van der Waals surface area contributed by atoms with Crippen LogP contribution in [-0.2, 0) is 0 Å². The molecule has 1 amide bonds. The van der Waals surface area contributed by atoms with Gasteiger partial charge in [0.25, 0.3) is 5.91 Å². The van der Waals surface area contributed by atoms with E-state index in [0.29, 0.717) is 18.1 Å². The molecule has 0 spiro atoms. The van der Waals surface area contributed by atoms with Gasteiger partial charge in [-0.15, -0.1) is 0 Å². The summed E-state index contributed by atoms with van der Waals surface area (Å²) < 4.78 is 0. The van der Waals surface area contributed by atoms with Crippen molar-refractivity contribution in [2.75, 3.05) is 16.8 Å². The van der Waals surface area contributed by atoms with Crippen molar-refractivity contribution in [3.8, 4) is 0 Å². The zero-order chi connectivity index (χ0) is 18.5. The van der Waals surface area contributed by atoms with Gasteiger partial charge in [-0.25, -0.2) is 9.97 Å². The second-order valence-corrected chi connectivity index (χ2v) is 6.06. The number of aryl methyl sites for hydroxylation is 2. The first-order chi connectivity index (χ1) is 12.6. The predicted octanol–water partition coefficient (Wildman–Crippen LogP) is 4.50. The lowest BCUT2D eigenvalue weighted by Gasteiger charge is -2.20. The van der Waals surface area contributed by atoms with E-state index in [9.17, 15) is 4.79 Å². The number of nitrogens with zero attached hydrogens (tertiary/aromatic N) is 3. The Bertz CT molecular complexity index is 871. The molecule has 3 aromatic rings. The van der Waals surface area contributed by atoms with E-state index >= 15 is 0 Å². The van der Waals surface area contributed by atoms with Gasteiger partial charge in [0.05, 0.1) is 12.4 Å². The summed E-state index contributed by atoms with van der Waals surface area (Å²) in [5, 5.41) is 3.28. The molecule has 1 heterocycles. The molecule has 0 radical (unpaired) electrons. The molecule has 0 atom stereocenters. The first-order valence-electron chi connectivity index (χ1n) is 8.62. The summed E-state index contributed by atoms with van der Waals surface area (Å²) in [5.41, 5.74) is 4.45. The third-order valence-corrected chi connectivity index (χ3v) is 4.23. The third kappa shape index (κ3) is 3.72. The first-order valence-corrected chi connectivity index (χ1v) is 8.62. The maximum absolute atomic E-state index is 12.8. The summed E-state index contributed by atoms with van der Waals surface area (Å²) in [4.78, 5) is 23.1. The highest BCUT2D eigenvalue weighted by molar-refractivity contribution is 6.04. The Hall–Kier alpha value is -3.21. The van der Waals surface area contributed by atoms with E-state index in [1.807, 2.05) is 69.3 Å². The number of para-hydroxylation sites is 2. The zero-order valence-electron chi connectivity index (χ0n) is 15.2. The second kappa shape index (κ2) is 7.78. The molecule has 1 N–H and O–H groups in total. The van der Waals surface area contributed by atoms with Crippen molar-refractivity contribution < 1.29 is 4.79 Å². The Morgan fingerprint density at radius 1 is 0.962 bits per heavy atom. The number of rotatable bonds is 5. The monoisotopic (exact) mass is 346 g/mol. The maximum atomic E-state index is 12.8. The third-order valence-electron chi connectivity index (χ3n) is 4.23. The van der Waals surface area contributed by atoms with Crippen LogP contribution in [0, 0.1) is 13.8 Å². The molecule has 5 heteroatoms. The van der Waals surface area contributed by atoms with Crippen LogP contribution in [0.25, 0.3) is 0 Å². The molecule has 0 unspecified atom stereocenters. The minimum absolute atomic E-state index is 0.162. The Balaban J connectivity index is 1.80. The zero-order valence-corrected chi connectivity index (χ0v) is 15.2. The number of carbonyl (C=O) groups is 1. The Kier molecular flexibility index (Phi) is 5.27. The van der Waals surface area contributed by atoms with Gasteiger partial charge in [-0.3, -0.25) is 4.79 Å². The normalized spacial score (nSPS) is 10.4. The van der Waals surface area contributed by atoms with Gasteiger partial charge in [0.2, 0.25) is 0 Å². The van der Waals surface area contributed by atoms with Crippen LogP contribution in [0.4, 0.5) is 17.2 Å². The van der Waals surface area contributed by atoms with Crippen molar-refractivity contribution in [2.24, 2.45) is 0 Å². The number of aromatic nitrogens is 2. The van der Waals surface area contributed by atoms with Gasteiger partial charge in [0.1, 0.15) is 11.5 Å². The molecule has 5 nitrogen and oxygen atoms in total. The van der Waals surface area contributed by atoms with Crippen LogP contribution in [-0.4, -0.2) is 22.4 Å². The Morgan fingerprint density at radius 3 is 2.23 bits per heavy atom. The molecular weight excluding hydrogens is 324 g/mol. The van der Waals surface area contributed by atoms with E-state index in [1.165, 1.54) is 6.20 Å². The average molecular weight is 346 g/mol. The van der Waals surface area contributed by atoms with Crippen LogP contribution in [0.2, 0.25) is 0 Å². The maximum Gasteiger partial charge on any atom is 0.278 e. The molecule has 1 aromatic heterocycles. The summed E-state index contributed by atoms with van der Waals surface area (Å²) in [6, 6.07) is 15.7. The minimum atomic E-state index is -0.162. The highest BCUT2D eigenvalue weighted by atomic mass is 16.2. The van der Waals surface area contributed by atoms with Crippen molar-refractivity contribution in [3.05, 3.63) is 77.7 Å². The van der Waals surface area contributed by atoms with Gasteiger partial charge in [0, 0.05) is 17.9 Å². The van der Waals surface area contributed by atoms with Crippen LogP contribution < -0.4 is 10.2 Å². The van der Waals surface area contributed by atoms with Gasteiger partial charge in [-0.05, 0) is 44.0 Å². The number of nitrogens with one attached hydrogen (secondary N) is 1. The standard InChI is InChI=1S/C21H22N4O/c1-4-25(17-11-6-5-7-12-17)21(26)18-13-23-19(14-22-18)24-20-15(2)9-8-10-16(20)3/h5-14H,4H2,1-3H3,(H,23,24). The number of carbonyl (C=O) groups excluding carboxylic acids is 1. The van der Waals surface area contributed by atoms with Gasteiger partial charge < -0.3 is 10.2 Å². The van der Waals surface area contributed by atoms with Crippen molar-refractivity contribution >= 4 is 23.1 Å². The molecule has 0 fully saturated rings. The number of hydrogen-bond donors (Lipinski definition) is 1. The quantitative estimate of drug-likeness (QED) is 0.739. The van der Waals surface area contributed by atoms with E-state index in [0.717, 1.165) is 22.5 Å². The van der Waals surface area contributed by atoms with E-state index in [4.69, 9.17) is 0 Å². The molecule has 0 aliphatic rings. The van der Waals surface area contributed by atoms with Gasteiger partial charge in [-0.1, -0.05) is 36.4 Å². The summed E-state index contributed by atoms with van der Waals surface area (Å²) in [6.07, 6.45) is 3.11. The molecule has 0 aliphatic carbocycles. The van der Waals surface area contributed by atoms with E-state index in [1.54, 1.807) is 11.1 Å². The Labute approximate surface area is 153 Å². The van der Waals surface area contributed by atoms with E-state index in [-0.39, 0.29) is 5.91 Å². The fourth-order valence-corrected chi connectivity index (χ4v) is 2.83. The van der Waals surface area contributed by atoms with Crippen LogP contribution in [0.15, 0.2) is 60.9 Å². The fraction of sp³-hybridized carbons (Fsp3) is 0.190. The first kappa shape index (κ1) is 17.6. The summed E-state index contributed by atoms with van der Waals surface area (Å²) in [7, 11) is 0. The molecule has 0 saturated carbocycles. The second-order valence-electron chi connectivity index (χ2n) is 6.06. The highest BCUT2D eigenvalue weighted by Crippen LogP contribution is 2.23. The molecule has 0 aliphatic heterocycles. The van der Waals surface area contributed by atoms with Gasteiger partial charge in [-0.2, -0.15) is 0 Å². The van der Waals surface area contributed by atoms with E-state index < -0.39 is 0 Å². The number of benzene rings is 2. The van der Waals surface area contributed by atoms with Crippen molar-refractivity contribution in [1.29, 1.82) is 0 Å². The fourth-order valence-electron chi connectivity index (χ4n) is 2.83. The summed E-state index contributed by atoms with van der Waals surface area (Å²) in [6.45, 7) is 6.58. The lowest BCUT2D eigenvalue weighted by atomic mass is 10.1. The predicted molar refractivity (Wildman–Crippen MR) is 105 cm³/mol. The molecule has 2 aromatic carbocycles. The molecule has 3 rings (SSSR count). The van der Waals surface area contributed by atoms with Crippen molar-refractivity contribution in [2.45, 2.75) is 20.8 Å². The van der Waals surface area contributed by atoms with Crippen molar-refractivity contribution in [3.63, 3.8) is 0 Å². The van der Waals surface area contributed by atoms with Gasteiger partial charge >= 0.3 is 0 Å². The topological polar surface area (TPSA) is 58.1 Å². The van der Waals surface area contributed by atoms with Crippen LogP contribution in [0.5, 0.6) is 0 Å². The Morgan fingerprint density at radius 2 is 1.65 bits per heavy atom. The van der Waals surface area contributed by atoms with Crippen molar-refractivity contribution in [1.82, 2.24) is 9.97 Å². The van der Waals surface area contributed by atoms with Crippen LogP contribution in [0.1, 0.15) is 28.5 Å². The summed E-state index contributed by atoms with van der Waals surface area (Å²) >= 11 is 0. The lowest BCUT2D eigenvalue weighted by Crippen LogP contribution is -2.31. The number of anilines is 3. The van der Waals surface area contributed by atoms with Crippen LogP contribution >= 0.6 is 0 Å². The largest absolute Gasteiger partial charge is 0.339 e. The minimum Gasteiger partial charge on any atom is -0.339 e. The SMILES string of the molecule is CCN(C(=O)c1cnc(Nc2c(C)cccc2C)cn1)c1ccccc1. The number of amides is 1. The van der Waals surface area contributed by atoms with Gasteiger partial charge in [0.15, 0.2) is 0 Å². The molecule has 26 heavy (non-hydrogen) atoms. The van der Waals surface area contributed by atoms with Crippen LogP contribution in [0.3, 0.4) is 0 Å².